The Bertz CT molecular complexity index is 931. The summed E-state index contributed by atoms with van der Waals surface area (Å²) < 4.78 is 10.8. The van der Waals surface area contributed by atoms with Crippen LogP contribution in [0.5, 0.6) is 0 Å². The predicted octanol–water partition coefficient (Wildman–Crippen LogP) is 2.84. The summed E-state index contributed by atoms with van der Waals surface area (Å²) in [6, 6.07) is 12.0. The summed E-state index contributed by atoms with van der Waals surface area (Å²) in [5.74, 6) is 1.11. The van der Waals surface area contributed by atoms with Crippen LogP contribution in [-0.4, -0.2) is 21.7 Å². The van der Waals surface area contributed by atoms with Gasteiger partial charge in [0.15, 0.2) is 0 Å². The van der Waals surface area contributed by atoms with Gasteiger partial charge in [-0.2, -0.15) is 4.98 Å². The minimum Gasteiger partial charge on any atom is -0.376 e. The zero-order valence-corrected chi connectivity index (χ0v) is 14.0. The van der Waals surface area contributed by atoms with Gasteiger partial charge in [0.05, 0.1) is 18.8 Å². The third-order valence-corrected chi connectivity index (χ3v) is 4.53. The van der Waals surface area contributed by atoms with Crippen molar-refractivity contribution in [3.63, 3.8) is 0 Å². The maximum Gasteiger partial charge on any atom is 0.259 e. The molecule has 25 heavy (non-hydrogen) atoms. The van der Waals surface area contributed by atoms with Gasteiger partial charge in [0.25, 0.3) is 5.56 Å². The number of aromatic nitrogens is 3. The number of hydrogen-bond acceptors (Lipinski definition) is 5. The zero-order chi connectivity index (χ0) is 17.2. The van der Waals surface area contributed by atoms with E-state index in [1.807, 2.05) is 24.3 Å². The number of H-pyrrole nitrogens is 1. The van der Waals surface area contributed by atoms with E-state index in [9.17, 15) is 4.79 Å². The highest BCUT2D eigenvalue weighted by molar-refractivity contribution is 5.54. The summed E-state index contributed by atoms with van der Waals surface area (Å²) >= 11 is 0. The Morgan fingerprint density at radius 2 is 2.12 bits per heavy atom. The molecule has 0 amide bonds. The van der Waals surface area contributed by atoms with Crippen LogP contribution in [0.2, 0.25) is 0 Å². The van der Waals surface area contributed by atoms with Gasteiger partial charge in [-0.1, -0.05) is 42.4 Å². The number of ether oxygens (including phenoxy) is 1. The summed E-state index contributed by atoms with van der Waals surface area (Å²) in [6.07, 6.45) is 1.35. The molecule has 3 heterocycles. The van der Waals surface area contributed by atoms with Crippen LogP contribution < -0.4 is 5.56 Å². The lowest BCUT2D eigenvalue weighted by Gasteiger charge is -2.15. The summed E-state index contributed by atoms with van der Waals surface area (Å²) in [5.41, 5.74) is 3.35. The molecule has 128 valence electrons. The first-order chi connectivity index (χ1) is 12.2. The second-order valence-electron chi connectivity index (χ2n) is 6.35. The van der Waals surface area contributed by atoms with Crippen molar-refractivity contribution in [1.82, 2.24) is 15.1 Å². The topological polar surface area (TPSA) is 81.0 Å². The molecule has 0 aliphatic carbocycles. The van der Waals surface area contributed by atoms with Crippen molar-refractivity contribution in [2.24, 2.45) is 0 Å². The Labute approximate surface area is 144 Å². The number of rotatable bonds is 4. The van der Waals surface area contributed by atoms with Crippen LogP contribution in [-0.2, 0) is 24.2 Å². The lowest BCUT2D eigenvalue weighted by Crippen LogP contribution is -2.19. The number of fused-ring (bicyclic) bond motifs is 1. The fourth-order valence-electron chi connectivity index (χ4n) is 3.09. The highest BCUT2D eigenvalue weighted by Crippen LogP contribution is 2.22. The molecule has 3 aromatic rings. The average Bonchev–Trinajstić information content (AvgIpc) is 3.10. The van der Waals surface area contributed by atoms with E-state index in [0.717, 1.165) is 17.7 Å². The van der Waals surface area contributed by atoms with Crippen LogP contribution >= 0.6 is 0 Å². The Hall–Kier alpha value is -2.73. The highest BCUT2D eigenvalue weighted by Gasteiger charge is 2.18. The molecule has 6 nitrogen and oxygen atoms in total. The lowest BCUT2D eigenvalue weighted by molar-refractivity contribution is 0.109. The van der Waals surface area contributed by atoms with Crippen LogP contribution in [0.15, 0.2) is 45.7 Å². The van der Waals surface area contributed by atoms with Gasteiger partial charge in [0, 0.05) is 18.5 Å². The van der Waals surface area contributed by atoms with Gasteiger partial charge in [-0.3, -0.25) is 4.79 Å². The number of benzene rings is 1. The molecule has 1 aliphatic rings. The van der Waals surface area contributed by atoms with Gasteiger partial charge in [0.2, 0.25) is 11.7 Å². The second-order valence-corrected chi connectivity index (χ2v) is 6.35. The SMILES string of the molecule is CC(Cc1nc(-c2cc3c([nH]c2=O)CCOC3)no1)c1ccccc1. The van der Waals surface area contributed by atoms with E-state index in [1.165, 1.54) is 5.56 Å². The molecule has 0 radical (unpaired) electrons. The number of nitrogens with one attached hydrogen (secondary N) is 1. The molecular weight excluding hydrogens is 318 g/mol. The standard InChI is InChI=1S/C19H19N3O3/c1-12(13-5-3-2-4-6-13)9-17-21-18(22-25-17)15-10-14-11-24-8-7-16(14)20-19(15)23/h2-6,10,12H,7-9,11H2,1H3,(H,20,23). The zero-order valence-electron chi connectivity index (χ0n) is 14.0. The third-order valence-electron chi connectivity index (χ3n) is 4.53. The van der Waals surface area contributed by atoms with Crippen LogP contribution in [0.4, 0.5) is 0 Å². The molecule has 4 rings (SSSR count). The van der Waals surface area contributed by atoms with Crippen molar-refractivity contribution >= 4 is 0 Å². The monoisotopic (exact) mass is 337 g/mol. The Morgan fingerprint density at radius 1 is 1.28 bits per heavy atom. The molecule has 1 N–H and O–H groups in total. The molecule has 6 heteroatoms. The summed E-state index contributed by atoms with van der Waals surface area (Å²) in [5, 5.41) is 4.00. The van der Waals surface area contributed by atoms with Crippen molar-refractivity contribution in [3.8, 4) is 11.4 Å². The van der Waals surface area contributed by atoms with Crippen LogP contribution in [0, 0.1) is 0 Å². The fraction of sp³-hybridized carbons (Fsp3) is 0.316. The lowest BCUT2D eigenvalue weighted by atomic mass is 9.98. The first-order valence-corrected chi connectivity index (χ1v) is 8.41. The largest absolute Gasteiger partial charge is 0.376 e. The summed E-state index contributed by atoms with van der Waals surface area (Å²) in [7, 11) is 0. The Kier molecular flexibility index (Phi) is 4.19. The molecule has 0 fully saturated rings. The van der Waals surface area contributed by atoms with Crippen LogP contribution in [0.3, 0.4) is 0 Å². The molecule has 0 spiro atoms. The van der Waals surface area contributed by atoms with Crippen molar-refractivity contribution in [1.29, 1.82) is 0 Å². The molecule has 0 bridgehead atoms. The predicted molar refractivity (Wildman–Crippen MR) is 92.3 cm³/mol. The van der Waals surface area contributed by atoms with Gasteiger partial charge in [-0.15, -0.1) is 0 Å². The van der Waals surface area contributed by atoms with E-state index in [4.69, 9.17) is 9.26 Å². The fourth-order valence-corrected chi connectivity index (χ4v) is 3.09. The first-order valence-electron chi connectivity index (χ1n) is 8.41. The molecule has 1 atom stereocenters. The van der Waals surface area contributed by atoms with Gasteiger partial charge < -0.3 is 14.2 Å². The summed E-state index contributed by atoms with van der Waals surface area (Å²) in [6.45, 7) is 3.24. The van der Waals surface area contributed by atoms with E-state index in [0.29, 0.717) is 36.9 Å². The maximum absolute atomic E-state index is 12.3. The number of pyridine rings is 1. The molecule has 0 saturated heterocycles. The molecular formula is C19H19N3O3. The Morgan fingerprint density at radius 3 is 2.96 bits per heavy atom. The van der Waals surface area contributed by atoms with E-state index in [1.54, 1.807) is 0 Å². The molecule has 0 saturated carbocycles. The van der Waals surface area contributed by atoms with E-state index in [-0.39, 0.29) is 11.5 Å². The maximum atomic E-state index is 12.3. The third kappa shape index (κ3) is 3.25. The van der Waals surface area contributed by atoms with Crippen LogP contribution in [0.25, 0.3) is 11.4 Å². The minimum atomic E-state index is -0.191. The van der Waals surface area contributed by atoms with E-state index < -0.39 is 0 Å². The van der Waals surface area contributed by atoms with E-state index in [2.05, 4.69) is 34.2 Å². The highest BCUT2D eigenvalue weighted by atomic mass is 16.5. The van der Waals surface area contributed by atoms with Crippen molar-refractivity contribution in [2.75, 3.05) is 6.61 Å². The summed E-state index contributed by atoms with van der Waals surface area (Å²) in [4.78, 5) is 19.7. The minimum absolute atomic E-state index is 0.191. The van der Waals surface area contributed by atoms with Crippen molar-refractivity contribution in [3.05, 3.63) is 69.5 Å². The molecule has 1 aromatic carbocycles. The van der Waals surface area contributed by atoms with Crippen molar-refractivity contribution in [2.45, 2.75) is 32.3 Å². The normalized spacial score (nSPS) is 14.9. The first kappa shape index (κ1) is 15.8. The van der Waals surface area contributed by atoms with Crippen LogP contribution in [0.1, 0.15) is 35.6 Å². The number of nitrogens with zero attached hydrogens (tertiary/aromatic N) is 2. The van der Waals surface area contributed by atoms with Gasteiger partial charge in [-0.25, -0.2) is 0 Å². The quantitative estimate of drug-likeness (QED) is 0.792. The van der Waals surface area contributed by atoms with Crippen molar-refractivity contribution < 1.29 is 9.26 Å². The number of aromatic amines is 1. The smallest absolute Gasteiger partial charge is 0.259 e. The van der Waals surface area contributed by atoms with Gasteiger partial charge >= 0.3 is 0 Å². The Balaban J connectivity index is 1.58. The molecule has 2 aromatic heterocycles. The van der Waals surface area contributed by atoms with Gasteiger partial charge in [0.1, 0.15) is 0 Å². The second kappa shape index (κ2) is 6.64. The van der Waals surface area contributed by atoms with Gasteiger partial charge in [-0.05, 0) is 23.1 Å². The number of hydrogen-bond donors (Lipinski definition) is 1. The molecule has 1 aliphatic heterocycles. The van der Waals surface area contributed by atoms with E-state index >= 15 is 0 Å². The average molecular weight is 337 g/mol. The molecule has 1 unspecified atom stereocenters.